The zero-order chi connectivity index (χ0) is 12.9. The van der Waals surface area contributed by atoms with Gasteiger partial charge in [-0.1, -0.05) is 36.4 Å². The van der Waals surface area contributed by atoms with E-state index in [1.807, 2.05) is 36.4 Å². The highest BCUT2D eigenvalue weighted by atomic mass is 15.4. The molecule has 0 aliphatic rings. The van der Waals surface area contributed by atoms with Crippen LogP contribution in [-0.4, -0.2) is 14.8 Å². The minimum atomic E-state index is 0.633. The molecule has 1 aromatic heterocycles. The Labute approximate surface area is 111 Å². The molecule has 1 heterocycles. The van der Waals surface area contributed by atoms with Gasteiger partial charge < -0.3 is 4.90 Å². The van der Waals surface area contributed by atoms with Gasteiger partial charge in [-0.2, -0.15) is 5.10 Å². The van der Waals surface area contributed by atoms with Crippen LogP contribution in [0.1, 0.15) is 0 Å². The standard InChI is InChI=1S/C15H14N4/c1-3-7-14(8-4-1)19(13-18-12-16-11-17-18)15-9-5-2-6-10-15/h1-12H,13H2. The van der Waals surface area contributed by atoms with Crippen LogP contribution in [0.15, 0.2) is 73.3 Å². The number of anilines is 2. The van der Waals surface area contributed by atoms with E-state index in [1.165, 1.54) is 0 Å². The van der Waals surface area contributed by atoms with Crippen molar-refractivity contribution < 1.29 is 0 Å². The fourth-order valence-electron chi connectivity index (χ4n) is 1.98. The Kier molecular flexibility index (Phi) is 3.23. The summed E-state index contributed by atoms with van der Waals surface area (Å²) in [5.41, 5.74) is 2.26. The summed E-state index contributed by atoms with van der Waals surface area (Å²) in [4.78, 5) is 6.18. The number of hydrogen-bond donors (Lipinski definition) is 0. The molecule has 0 aliphatic heterocycles. The van der Waals surface area contributed by atoms with Crippen LogP contribution in [-0.2, 0) is 6.67 Å². The van der Waals surface area contributed by atoms with Crippen LogP contribution < -0.4 is 4.90 Å². The highest BCUT2D eigenvalue weighted by molar-refractivity contribution is 5.62. The monoisotopic (exact) mass is 250 g/mol. The van der Waals surface area contributed by atoms with Crippen LogP contribution >= 0.6 is 0 Å². The molecule has 4 nitrogen and oxygen atoms in total. The quantitative estimate of drug-likeness (QED) is 0.713. The largest absolute Gasteiger partial charge is 0.321 e. The molecule has 0 amide bonds. The Morgan fingerprint density at radius 1 is 0.842 bits per heavy atom. The lowest BCUT2D eigenvalue weighted by Gasteiger charge is -2.24. The molecular weight excluding hydrogens is 236 g/mol. The molecule has 3 rings (SSSR count). The van der Waals surface area contributed by atoms with Crippen molar-refractivity contribution in [3.05, 3.63) is 73.3 Å². The van der Waals surface area contributed by atoms with E-state index in [2.05, 4.69) is 39.2 Å². The summed E-state index contributed by atoms with van der Waals surface area (Å²) in [6.07, 6.45) is 3.27. The lowest BCUT2D eigenvalue weighted by molar-refractivity contribution is 0.621. The number of rotatable bonds is 4. The SMILES string of the molecule is c1ccc(N(Cn2cncn2)c2ccccc2)cc1. The summed E-state index contributed by atoms with van der Waals surface area (Å²) in [5.74, 6) is 0. The van der Waals surface area contributed by atoms with Crippen LogP contribution in [0.25, 0.3) is 0 Å². The number of hydrogen-bond acceptors (Lipinski definition) is 3. The first kappa shape index (κ1) is 11.5. The second kappa shape index (κ2) is 5.35. The predicted octanol–water partition coefficient (Wildman–Crippen LogP) is 3.07. The molecule has 4 heteroatoms. The highest BCUT2D eigenvalue weighted by Crippen LogP contribution is 2.25. The number of nitrogens with zero attached hydrogens (tertiary/aromatic N) is 4. The Bertz CT molecular complexity index is 566. The van der Waals surface area contributed by atoms with Crippen molar-refractivity contribution in [1.29, 1.82) is 0 Å². The Hall–Kier alpha value is -2.62. The van der Waals surface area contributed by atoms with Gasteiger partial charge >= 0.3 is 0 Å². The van der Waals surface area contributed by atoms with Crippen LogP contribution in [0.3, 0.4) is 0 Å². The van der Waals surface area contributed by atoms with Crippen molar-refractivity contribution in [3.63, 3.8) is 0 Å². The summed E-state index contributed by atoms with van der Waals surface area (Å²) in [6, 6.07) is 20.5. The third kappa shape index (κ3) is 2.63. The topological polar surface area (TPSA) is 34.0 Å². The van der Waals surface area contributed by atoms with E-state index >= 15 is 0 Å². The van der Waals surface area contributed by atoms with E-state index < -0.39 is 0 Å². The van der Waals surface area contributed by atoms with E-state index in [4.69, 9.17) is 0 Å². The van der Waals surface area contributed by atoms with Gasteiger partial charge in [-0.15, -0.1) is 0 Å². The number of benzene rings is 2. The first-order valence-corrected chi connectivity index (χ1v) is 6.13. The molecule has 0 N–H and O–H groups in total. The van der Waals surface area contributed by atoms with Crippen LogP contribution in [0.4, 0.5) is 11.4 Å². The molecule has 0 bridgehead atoms. The van der Waals surface area contributed by atoms with Crippen LogP contribution in [0.2, 0.25) is 0 Å². The fourth-order valence-corrected chi connectivity index (χ4v) is 1.98. The fraction of sp³-hybridized carbons (Fsp3) is 0.0667. The van der Waals surface area contributed by atoms with Gasteiger partial charge in [0, 0.05) is 11.4 Å². The predicted molar refractivity (Wildman–Crippen MR) is 75.0 cm³/mol. The molecule has 0 saturated carbocycles. The van der Waals surface area contributed by atoms with Crippen molar-refractivity contribution in [2.45, 2.75) is 6.67 Å². The first-order chi connectivity index (χ1) is 9.43. The van der Waals surface area contributed by atoms with Crippen LogP contribution in [0, 0.1) is 0 Å². The van der Waals surface area contributed by atoms with Gasteiger partial charge in [0.15, 0.2) is 0 Å². The Morgan fingerprint density at radius 2 is 1.42 bits per heavy atom. The van der Waals surface area contributed by atoms with Crippen molar-refractivity contribution in [2.75, 3.05) is 4.90 Å². The van der Waals surface area contributed by atoms with Crippen LogP contribution in [0.5, 0.6) is 0 Å². The van der Waals surface area contributed by atoms with E-state index in [1.54, 1.807) is 17.3 Å². The lowest BCUT2D eigenvalue weighted by atomic mass is 10.2. The number of aromatic nitrogens is 3. The molecule has 0 spiro atoms. The maximum atomic E-state index is 4.17. The summed E-state index contributed by atoms with van der Waals surface area (Å²) < 4.78 is 1.81. The van der Waals surface area contributed by atoms with E-state index in [-0.39, 0.29) is 0 Å². The smallest absolute Gasteiger partial charge is 0.137 e. The molecule has 0 unspecified atom stereocenters. The third-order valence-electron chi connectivity index (χ3n) is 2.89. The van der Waals surface area contributed by atoms with Gasteiger partial charge in [-0.3, -0.25) is 0 Å². The minimum absolute atomic E-state index is 0.633. The molecule has 3 aromatic rings. The zero-order valence-corrected chi connectivity index (χ0v) is 10.4. The van der Waals surface area contributed by atoms with Gasteiger partial charge in [0.2, 0.25) is 0 Å². The second-order valence-corrected chi connectivity index (χ2v) is 4.18. The van der Waals surface area contributed by atoms with Crippen molar-refractivity contribution in [1.82, 2.24) is 14.8 Å². The summed E-state index contributed by atoms with van der Waals surface area (Å²) in [5, 5.41) is 4.17. The summed E-state index contributed by atoms with van der Waals surface area (Å²) >= 11 is 0. The second-order valence-electron chi connectivity index (χ2n) is 4.18. The Morgan fingerprint density at radius 3 is 1.89 bits per heavy atom. The van der Waals surface area contributed by atoms with Gasteiger partial charge in [-0.05, 0) is 24.3 Å². The maximum absolute atomic E-state index is 4.17. The highest BCUT2D eigenvalue weighted by Gasteiger charge is 2.09. The Balaban J connectivity index is 1.96. The van der Waals surface area contributed by atoms with Crippen molar-refractivity contribution in [3.8, 4) is 0 Å². The van der Waals surface area contributed by atoms with Crippen molar-refractivity contribution >= 4 is 11.4 Å². The van der Waals surface area contributed by atoms with Gasteiger partial charge in [0.05, 0.1) is 0 Å². The van der Waals surface area contributed by atoms with Gasteiger partial charge in [0.1, 0.15) is 19.3 Å². The summed E-state index contributed by atoms with van der Waals surface area (Å²) in [7, 11) is 0. The van der Waals surface area contributed by atoms with Gasteiger partial charge in [-0.25, -0.2) is 9.67 Å². The molecule has 0 saturated heterocycles. The molecule has 19 heavy (non-hydrogen) atoms. The molecule has 0 atom stereocenters. The molecule has 0 fully saturated rings. The van der Waals surface area contributed by atoms with E-state index in [0.717, 1.165) is 11.4 Å². The lowest BCUT2D eigenvalue weighted by Crippen LogP contribution is -2.21. The number of para-hydroxylation sites is 2. The molecule has 2 aromatic carbocycles. The average molecular weight is 250 g/mol. The first-order valence-electron chi connectivity index (χ1n) is 6.13. The third-order valence-corrected chi connectivity index (χ3v) is 2.89. The average Bonchev–Trinajstić information content (AvgIpc) is 3.00. The normalized spacial score (nSPS) is 10.3. The minimum Gasteiger partial charge on any atom is -0.321 e. The van der Waals surface area contributed by atoms with Crippen molar-refractivity contribution in [2.24, 2.45) is 0 Å². The molecule has 0 radical (unpaired) electrons. The summed E-state index contributed by atoms with van der Waals surface area (Å²) in [6.45, 7) is 0.633. The van der Waals surface area contributed by atoms with E-state index in [0.29, 0.717) is 6.67 Å². The molecule has 0 aliphatic carbocycles. The van der Waals surface area contributed by atoms with Gasteiger partial charge in [0.25, 0.3) is 0 Å². The molecular formula is C15H14N4. The zero-order valence-electron chi connectivity index (χ0n) is 10.4. The maximum Gasteiger partial charge on any atom is 0.137 e. The molecule has 94 valence electrons. The van der Waals surface area contributed by atoms with E-state index in [9.17, 15) is 0 Å².